The molecular weight excluding hydrogens is 344 g/mol. The molecule has 0 aliphatic heterocycles. The van der Waals surface area contributed by atoms with Crippen molar-refractivity contribution in [1.82, 2.24) is 10.6 Å². The minimum atomic E-state index is -0.592. The molecule has 0 spiro atoms. The topological polar surface area (TPSA) is 102 Å². The van der Waals surface area contributed by atoms with E-state index in [1.165, 1.54) is 0 Å². The van der Waals surface area contributed by atoms with Crippen molar-refractivity contribution >= 4 is 23.5 Å². The van der Waals surface area contributed by atoms with E-state index in [-0.39, 0.29) is 5.76 Å². The third-order valence-corrected chi connectivity index (χ3v) is 3.86. The normalized spacial score (nSPS) is 11.2. The number of guanidine groups is 1. The van der Waals surface area contributed by atoms with Crippen LogP contribution in [0.2, 0.25) is 5.02 Å². The molecule has 134 valence electrons. The number of methoxy groups -OCH3 is 1. The van der Waals surface area contributed by atoms with Crippen molar-refractivity contribution in [2.24, 2.45) is 10.7 Å². The van der Waals surface area contributed by atoms with E-state index in [1.807, 2.05) is 12.1 Å². The summed E-state index contributed by atoms with van der Waals surface area (Å²) in [6, 6.07) is 8.84. The van der Waals surface area contributed by atoms with E-state index in [0.29, 0.717) is 29.8 Å². The molecule has 1 heterocycles. The minimum Gasteiger partial charge on any atom is -0.497 e. The Morgan fingerprint density at radius 1 is 1.32 bits per heavy atom. The number of halogens is 1. The van der Waals surface area contributed by atoms with Gasteiger partial charge in [-0.15, -0.1) is 0 Å². The summed E-state index contributed by atoms with van der Waals surface area (Å²) in [6.07, 6.45) is 0.732. The summed E-state index contributed by atoms with van der Waals surface area (Å²) in [7, 11) is 3.28. The number of benzene rings is 1. The van der Waals surface area contributed by atoms with Crippen LogP contribution < -0.4 is 21.1 Å². The number of nitrogens with two attached hydrogens (primary N) is 1. The molecule has 0 unspecified atom stereocenters. The molecule has 0 aliphatic carbocycles. The highest BCUT2D eigenvalue weighted by molar-refractivity contribution is 6.31. The number of furan rings is 1. The molecule has 0 aliphatic rings. The summed E-state index contributed by atoms with van der Waals surface area (Å²) in [5, 5.41) is 6.95. The number of amides is 1. The molecule has 0 fully saturated rings. The molecular formula is C17H21ClN4O3. The van der Waals surface area contributed by atoms with Gasteiger partial charge in [-0.2, -0.15) is 0 Å². The molecule has 7 nitrogen and oxygen atoms in total. The van der Waals surface area contributed by atoms with Crippen LogP contribution in [0.15, 0.2) is 39.7 Å². The van der Waals surface area contributed by atoms with Gasteiger partial charge in [0.05, 0.1) is 13.7 Å². The van der Waals surface area contributed by atoms with Crippen LogP contribution in [0.1, 0.15) is 21.9 Å². The van der Waals surface area contributed by atoms with E-state index in [1.54, 1.807) is 32.4 Å². The van der Waals surface area contributed by atoms with Crippen LogP contribution in [0.3, 0.4) is 0 Å². The lowest BCUT2D eigenvalue weighted by Gasteiger charge is -2.12. The Morgan fingerprint density at radius 2 is 2.12 bits per heavy atom. The van der Waals surface area contributed by atoms with Crippen molar-refractivity contribution in [2.75, 3.05) is 20.7 Å². The molecule has 2 aromatic rings. The fourth-order valence-electron chi connectivity index (χ4n) is 2.17. The molecule has 8 heteroatoms. The molecule has 0 bridgehead atoms. The summed E-state index contributed by atoms with van der Waals surface area (Å²) >= 11 is 6.22. The molecule has 25 heavy (non-hydrogen) atoms. The molecule has 1 amide bonds. The summed E-state index contributed by atoms with van der Waals surface area (Å²) in [4.78, 5) is 15.1. The van der Waals surface area contributed by atoms with Gasteiger partial charge in [0.1, 0.15) is 11.5 Å². The third-order valence-electron chi connectivity index (χ3n) is 3.51. The van der Waals surface area contributed by atoms with Crippen molar-refractivity contribution < 1.29 is 13.9 Å². The first-order valence-electron chi connectivity index (χ1n) is 7.69. The number of carbonyl (C=O) groups is 1. The van der Waals surface area contributed by atoms with E-state index >= 15 is 0 Å². The Labute approximate surface area is 151 Å². The first-order chi connectivity index (χ1) is 12.0. The zero-order valence-corrected chi connectivity index (χ0v) is 14.9. The highest BCUT2D eigenvalue weighted by Gasteiger charge is 2.08. The molecule has 1 aromatic heterocycles. The van der Waals surface area contributed by atoms with E-state index in [4.69, 9.17) is 26.5 Å². The molecule has 0 saturated carbocycles. The average Bonchev–Trinajstić information content (AvgIpc) is 3.08. The van der Waals surface area contributed by atoms with Gasteiger partial charge in [-0.3, -0.25) is 9.79 Å². The lowest BCUT2D eigenvalue weighted by Crippen LogP contribution is -2.37. The van der Waals surface area contributed by atoms with Gasteiger partial charge >= 0.3 is 0 Å². The molecule has 0 saturated heterocycles. The number of nitrogens with zero attached hydrogens (tertiary/aromatic N) is 1. The minimum absolute atomic E-state index is 0.133. The van der Waals surface area contributed by atoms with Gasteiger partial charge in [0.2, 0.25) is 0 Å². The fourth-order valence-corrected chi connectivity index (χ4v) is 2.44. The maximum Gasteiger partial charge on any atom is 0.284 e. The molecule has 1 aromatic carbocycles. The first-order valence-corrected chi connectivity index (χ1v) is 8.06. The van der Waals surface area contributed by atoms with E-state index in [9.17, 15) is 4.79 Å². The number of aliphatic imine (C=N–C) groups is 1. The van der Waals surface area contributed by atoms with E-state index in [0.717, 1.165) is 17.7 Å². The van der Waals surface area contributed by atoms with Gasteiger partial charge < -0.3 is 25.5 Å². The van der Waals surface area contributed by atoms with Crippen molar-refractivity contribution in [3.8, 4) is 5.75 Å². The largest absolute Gasteiger partial charge is 0.497 e. The number of hydrogen-bond acceptors (Lipinski definition) is 4. The standard InChI is InChI=1S/C17H21ClN4O3/c1-20-17(22-10-13-5-6-15(25-13)16(19)23)21-8-7-11-3-4-12(24-2)9-14(11)18/h3-6,9H,7-8,10H2,1-2H3,(H2,19,23)(H2,20,21,22). The Kier molecular flexibility index (Phi) is 6.71. The van der Waals surface area contributed by atoms with Gasteiger partial charge in [0.25, 0.3) is 5.91 Å². The van der Waals surface area contributed by atoms with Crippen molar-refractivity contribution in [3.05, 3.63) is 52.4 Å². The van der Waals surface area contributed by atoms with Crippen LogP contribution in [0.5, 0.6) is 5.75 Å². The van der Waals surface area contributed by atoms with Crippen molar-refractivity contribution in [1.29, 1.82) is 0 Å². The van der Waals surface area contributed by atoms with Gasteiger partial charge in [-0.25, -0.2) is 0 Å². The number of nitrogens with one attached hydrogen (secondary N) is 2. The Bertz CT molecular complexity index is 758. The second-order valence-electron chi connectivity index (χ2n) is 5.19. The van der Waals surface area contributed by atoms with Gasteiger partial charge in [-0.05, 0) is 36.2 Å². The smallest absolute Gasteiger partial charge is 0.284 e. The SMILES string of the molecule is CN=C(NCCc1ccc(OC)cc1Cl)NCc1ccc(C(N)=O)o1. The zero-order valence-electron chi connectivity index (χ0n) is 14.1. The summed E-state index contributed by atoms with van der Waals surface area (Å²) in [5.41, 5.74) is 6.17. The number of primary amides is 1. The van der Waals surface area contributed by atoms with E-state index < -0.39 is 5.91 Å². The van der Waals surface area contributed by atoms with Crippen LogP contribution >= 0.6 is 11.6 Å². The van der Waals surface area contributed by atoms with Crippen molar-refractivity contribution in [3.63, 3.8) is 0 Å². The number of rotatable bonds is 7. The molecule has 4 N–H and O–H groups in total. The third kappa shape index (κ3) is 5.42. The Hall–Kier alpha value is -2.67. The number of hydrogen-bond donors (Lipinski definition) is 3. The summed E-state index contributed by atoms with van der Waals surface area (Å²) in [5.74, 6) is 1.48. The van der Waals surface area contributed by atoms with Gasteiger partial charge in [0, 0.05) is 18.6 Å². The van der Waals surface area contributed by atoms with Gasteiger partial charge in [0.15, 0.2) is 11.7 Å². The molecule has 0 radical (unpaired) electrons. The Morgan fingerprint density at radius 3 is 2.72 bits per heavy atom. The van der Waals surface area contributed by atoms with E-state index in [2.05, 4.69) is 15.6 Å². The van der Waals surface area contributed by atoms with Crippen LogP contribution in [0, 0.1) is 0 Å². The quantitative estimate of drug-likeness (QED) is 0.515. The van der Waals surface area contributed by atoms with Crippen LogP contribution in [-0.4, -0.2) is 32.6 Å². The average molecular weight is 365 g/mol. The van der Waals surface area contributed by atoms with Crippen LogP contribution in [0.4, 0.5) is 0 Å². The highest BCUT2D eigenvalue weighted by Crippen LogP contribution is 2.22. The Balaban J connectivity index is 1.81. The lowest BCUT2D eigenvalue weighted by atomic mass is 10.1. The second-order valence-corrected chi connectivity index (χ2v) is 5.60. The van der Waals surface area contributed by atoms with Crippen LogP contribution in [-0.2, 0) is 13.0 Å². The monoisotopic (exact) mass is 364 g/mol. The predicted molar refractivity (Wildman–Crippen MR) is 97.1 cm³/mol. The maximum atomic E-state index is 11.0. The summed E-state index contributed by atoms with van der Waals surface area (Å²) < 4.78 is 10.4. The second kappa shape index (κ2) is 8.98. The number of carbonyl (C=O) groups excluding carboxylic acids is 1. The maximum absolute atomic E-state index is 11.0. The van der Waals surface area contributed by atoms with Crippen molar-refractivity contribution in [2.45, 2.75) is 13.0 Å². The first kappa shape index (κ1) is 18.7. The van der Waals surface area contributed by atoms with Crippen LogP contribution in [0.25, 0.3) is 0 Å². The lowest BCUT2D eigenvalue weighted by molar-refractivity contribution is 0.0972. The molecule has 0 atom stereocenters. The predicted octanol–water partition coefficient (Wildman–Crippen LogP) is 1.95. The highest BCUT2D eigenvalue weighted by atomic mass is 35.5. The molecule has 2 rings (SSSR count). The zero-order chi connectivity index (χ0) is 18.2. The number of ether oxygens (including phenoxy) is 1. The van der Waals surface area contributed by atoms with Gasteiger partial charge in [-0.1, -0.05) is 17.7 Å². The fraction of sp³-hybridized carbons (Fsp3) is 0.294. The summed E-state index contributed by atoms with van der Waals surface area (Å²) in [6.45, 7) is 1.03.